The minimum atomic E-state index is -1.70. The summed E-state index contributed by atoms with van der Waals surface area (Å²) in [6.45, 7) is 16.5. The topological polar surface area (TPSA) is 124 Å². The fourth-order valence-corrected chi connectivity index (χ4v) is 7.88. The first-order valence-electron chi connectivity index (χ1n) is 14.5. The number of aromatic amines is 1. The number of hydrogen-bond donors (Lipinski definition) is 2. The fraction of sp³-hybridized carbons (Fsp3) is 0.613. The molecule has 6 atom stereocenters. The Morgan fingerprint density at radius 1 is 0.977 bits per heavy atom. The van der Waals surface area contributed by atoms with Crippen molar-refractivity contribution in [1.29, 1.82) is 0 Å². The van der Waals surface area contributed by atoms with Gasteiger partial charge in [-0.05, 0) is 80.0 Å². The number of benzene rings is 1. The number of carbonyl (C=O) groups excluding carboxylic acids is 2. The molecule has 1 aliphatic heterocycles. The zero-order valence-corrected chi connectivity index (χ0v) is 28.7. The number of amidine groups is 1. The quantitative estimate of drug-likeness (QED) is 0.345. The molecule has 13 heteroatoms. The van der Waals surface area contributed by atoms with E-state index in [4.69, 9.17) is 47.1 Å². The van der Waals surface area contributed by atoms with E-state index in [9.17, 15) is 9.59 Å². The van der Waals surface area contributed by atoms with Crippen LogP contribution in [0.1, 0.15) is 67.9 Å². The van der Waals surface area contributed by atoms with Gasteiger partial charge in [-0.25, -0.2) is 14.8 Å². The molecule has 1 aromatic carbocycles. The minimum absolute atomic E-state index is 0.0895. The number of hydrogen-bond acceptors (Lipinski definition) is 10. The highest BCUT2D eigenvalue weighted by Gasteiger charge is 2.93. The van der Waals surface area contributed by atoms with Gasteiger partial charge in [0, 0.05) is 23.6 Å². The average molecular weight is 668 g/mol. The number of esters is 2. The van der Waals surface area contributed by atoms with Crippen LogP contribution in [0.2, 0.25) is 10.0 Å². The van der Waals surface area contributed by atoms with Crippen LogP contribution in [-0.2, 0) is 35.1 Å². The summed E-state index contributed by atoms with van der Waals surface area (Å²) >= 11 is 13.9. The number of nitrogens with zero attached hydrogens (tertiary/aromatic N) is 2. The van der Waals surface area contributed by atoms with E-state index in [1.54, 1.807) is 45.3 Å². The number of aromatic nitrogens is 2. The van der Waals surface area contributed by atoms with Crippen LogP contribution in [0.3, 0.4) is 0 Å². The van der Waals surface area contributed by atoms with Crippen molar-refractivity contribution in [3.05, 3.63) is 46.2 Å². The Labute approximate surface area is 272 Å². The lowest BCUT2D eigenvalue weighted by molar-refractivity contribution is -0.170. The van der Waals surface area contributed by atoms with Crippen molar-refractivity contribution < 1.29 is 28.5 Å². The van der Waals surface area contributed by atoms with Crippen LogP contribution in [0.5, 0.6) is 0 Å². The van der Waals surface area contributed by atoms with E-state index in [1.807, 2.05) is 47.6 Å². The number of aliphatic imine (C=N–C) groups is 1. The van der Waals surface area contributed by atoms with E-state index in [2.05, 4.69) is 15.3 Å². The van der Waals surface area contributed by atoms with Crippen LogP contribution >= 0.6 is 35.0 Å². The van der Waals surface area contributed by atoms with Gasteiger partial charge >= 0.3 is 11.9 Å². The normalized spacial score (nSPS) is 29.3. The maximum atomic E-state index is 14.6. The highest BCUT2D eigenvalue weighted by atomic mass is 35.5. The lowest BCUT2D eigenvalue weighted by atomic mass is 9.84. The minimum Gasteiger partial charge on any atom is -0.460 e. The van der Waals surface area contributed by atoms with Crippen molar-refractivity contribution >= 4 is 52.9 Å². The van der Waals surface area contributed by atoms with E-state index >= 15 is 0 Å². The van der Waals surface area contributed by atoms with Crippen molar-refractivity contribution in [2.24, 2.45) is 16.8 Å². The number of thioether (sulfide) groups is 1. The molecular formula is C31H40Cl2N4O6S. The summed E-state index contributed by atoms with van der Waals surface area (Å²) < 4.78 is 24.9. The molecule has 2 fully saturated rings. The molecule has 0 unspecified atom stereocenters. The number of carbonyl (C=O) groups is 2. The second-order valence-corrected chi connectivity index (χ2v) is 16.4. The third kappa shape index (κ3) is 6.04. The van der Waals surface area contributed by atoms with E-state index in [0.717, 1.165) is 5.56 Å². The average Bonchev–Trinajstić information content (AvgIpc) is 3.12. The van der Waals surface area contributed by atoms with Gasteiger partial charge < -0.3 is 29.2 Å². The Kier molecular flexibility index (Phi) is 8.30. The zero-order chi connectivity index (χ0) is 32.5. The van der Waals surface area contributed by atoms with Crippen LogP contribution in [0.15, 0.2) is 40.7 Å². The van der Waals surface area contributed by atoms with Crippen molar-refractivity contribution in [3.63, 3.8) is 0 Å². The van der Waals surface area contributed by atoms with Gasteiger partial charge in [0.25, 0.3) is 6.02 Å². The SMILES string of the molecule is CC(C)(C)OC(=O)[C@H]1[C@@H]2[C@H](Sc3ncc[nH]3)[C@@H](OCc3ccc(Cl)c(Cl)c3)[C@]3(C(=O)OC(C)(C)C)N=C(OC(C)(C)C)N[C@]213. The molecular weight excluding hydrogens is 627 g/mol. The highest BCUT2D eigenvalue weighted by molar-refractivity contribution is 7.99. The highest BCUT2D eigenvalue weighted by Crippen LogP contribution is 2.72. The van der Waals surface area contributed by atoms with Crippen molar-refractivity contribution in [2.45, 2.75) is 113 Å². The fourth-order valence-electron chi connectivity index (χ4n) is 6.13. The van der Waals surface area contributed by atoms with E-state index in [1.165, 1.54) is 11.8 Å². The third-order valence-electron chi connectivity index (χ3n) is 7.46. The molecule has 240 valence electrons. The van der Waals surface area contributed by atoms with Gasteiger partial charge in [0.2, 0.25) is 5.54 Å². The van der Waals surface area contributed by atoms with Gasteiger partial charge in [0.05, 0.1) is 28.1 Å². The molecule has 0 radical (unpaired) electrons. The summed E-state index contributed by atoms with van der Waals surface area (Å²) in [5, 5.41) is 4.34. The Bertz CT molecular complexity index is 1460. The maximum Gasteiger partial charge on any atom is 0.340 e. The van der Waals surface area contributed by atoms with Gasteiger partial charge in [0.15, 0.2) is 5.16 Å². The summed E-state index contributed by atoms with van der Waals surface area (Å²) in [4.78, 5) is 41.0. The summed E-state index contributed by atoms with van der Waals surface area (Å²) in [5.41, 5.74) is -4.45. The molecule has 2 heterocycles. The smallest absolute Gasteiger partial charge is 0.340 e. The summed E-state index contributed by atoms with van der Waals surface area (Å²) in [5.74, 6) is -2.27. The number of halogens is 2. The number of rotatable bonds is 7. The van der Waals surface area contributed by atoms with Crippen molar-refractivity contribution in [2.75, 3.05) is 0 Å². The van der Waals surface area contributed by atoms with Gasteiger partial charge in [-0.15, -0.1) is 0 Å². The second-order valence-electron chi connectivity index (χ2n) is 14.4. The van der Waals surface area contributed by atoms with E-state index in [-0.39, 0.29) is 12.6 Å². The first-order valence-corrected chi connectivity index (χ1v) is 16.2. The molecule has 0 bridgehead atoms. The first kappa shape index (κ1) is 32.9. The van der Waals surface area contributed by atoms with E-state index in [0.29, 0.717) is 15.2 Å². The Hall–Kier alpha value is -2.47. The summed E-state index contributed by atoms with van der Waals surface area (Å²) in [6.07, 6.45) is 2.49. The molecule has 44 heavy (non-hydrogen) atoms. The molecule has 0 saturated heterocycles. The standard InChI is InChI=1S/C31H40Cl2N4O6S/c1-27(2,3)41-23(38)20-19-21(44-26-34-12-13-35-26)22(40-15-16-10-11-17(32)18(33)14-16)31(24(39)42-28(4,5)6)30(19,20)36-25(37-31)43-29(7,8)9/h10-14,19-22H,15H2,1-9H3,(H,34,35)(H,36,37)/t19-,20-,21+,22-,30-,31-/m1/s1. The number of H-pyrrole nitrogens is 1. The van der Waals surface area contributed by atoms with Crippen LogP contribution in [0.4, 0.5) is 0 Å². The molecule has 3 aliphatic rings. The van der Waals surface area contributed by atoms with Crippen LogP contribution in [-0.4, -0.2) is 67.2 Å². The number of imidazole rings is 1. The van der Waals surface area contributed by atoms with Crippen LogP contribution in [0.25, 0.3) is 0 Å². The molecule has 5 rings (SSSR count). The Morgan fingerprint density at radius 3 is 2.23 bits per heavy atom. The third-order valence-corrected chi connectivity index (χ3v) is 9.46. The zero-order valence-electron chi connectivity index (χ0n) is 26.4. The molecule has 1 spiro atoms. The molecule has 1 aromatic heterocycles. The van der Waals surface area contributed by atoms with E-state index < -0.39 is 63.0 Å². The maximum absolute atomic E-state index is 14.6. The number of nitrogens with one attached hydrogen (secondary N) is 2. The lowest BCUT2D eigenvalue weighted by Crippen LogP contribution is -2.62. The molecule has 10 nitrogen and oxygen atoms in total. The van der Waals surface area contributed by atoms with Crippen molar-refractivity contribution in [3.8, 4) is 0 Å². The number of ether oxygens (including phenoxy) is 4. The summed E-state index contributed by atoms with van der Waals surface area (Å²) in [6, 6.07) is 5.36. The van der Waals surface area contributed by atoms with Gasteiger partial charge in [-0.2, -0.15) is 0 Å². The van der Waals surface area contributed by atoms with Gasteiger partial charge in [0.1, 0.15) is 22.9 Å². The summed E-state index contributed by atoms with van der Waals surface area (Å²) in [7, 11) is 0. The first-order chi connectivity index (χ1) is 20.3. The van der Waals surface area contributed by atoms with Crippen molar-refractivity contribution in [1.82, 2.24) is 15.3 Å². The predicted molar refractivity (Wildman–Crippen MR) is 169 cm³/mol. The molecule has 2 saturated carbocycles. The van der Waals surface area contributed by atoms with Gasteiger partial charge in [-0.3, -0.25) is 4.79 Å². The second kappa shape index (κ2) is 11.1. The molecule has 0 amide bonds. The monoisotopic (exact) mass is 666 g/mol. The van der Waals surface area contributed by atoms with Crippen LogP contribution in [0, 0.1) is 11.8 Å². The Balaban J connectivity index is 1.66. The largest absolute Gasteiger partial charge is 0.460 e. The molecule has 2 aliphatic carbocycles. The Morgan fingerprint density at radius 2 is 1.66 bits per heavy atom. The van der Waals surface area contributed by atoms with Crippen LogP contribution < -0.4 is 5.32 Å². The lowest BCUT2D eigenvalue weighted by Gasteiger charge is -2.38. The van der Waals surface area contributed by atoms with Gasteiger partial charge in [-0.1, -0.05) is 41.0 Å². The molecule has 2 N–H and O–H groups in total. The molecule has 2 aromatic rings. The predicted octanol–water partition coefficient (Wildman–Crippen LogP) is 5.96.